The number of unbranched alkanes of at least 4 members (excludes halogenated alkanes) is 1. The Kier molecular flexibility index (Phi) is 32.9. The van der Waals surface area contributed by atoms with Crippen molar-refractivity contribution >= 4 is 99.4 Å². The molecule has 28 heteroatoms. The van der Waals surface area contributed by atoms with Gasteiger partial charge in [0.1, 0.15) is 66.2 Å². The summed E-state index contributed by atoms with van der Waals surface area (Å²) in [6.45, 7) is 14.6. The zero-order valence-electron chi connectivity index (χ0n) is 63.2. The largest absolute Gasteiger partial charge is 0.497 e. The van der Waals surface area contributed by atoms with Gasteiger partial charge in [-0.15, -0.1) is 0 Å². The van der Waals surface area contributed by atoms with Gasteiger partial charge >= 0.3 is 0 Å². The zero-order chi connectivity index (χ0) is 76.1. The van der Waals surface area contributed by atoms with Crippen molar-refractivity contribution in [3.8, 4) is 5.75 Å². The number of amides is 13. The summed E-state index contributed by atoms with van der Waals surface area (Å²) in [7, 11) is 13.0. The quantitative estimate of drug-likeness (QED) is 0.154. The number of ether oxygens (including phenoxy) is 1. The first kappa shape index (κ1) is 84.7. The van der Waals surface area contributed by atoms with Crippen LogP contribution in [0, 0.1) is 21.3 Å². The molecule has 0 spiro atoms. The standard InChI is InChI=1S/C74H114IN13O14/c1-18-20-27-53-69(96)84(14)56(32-33-62(90)80(9)10)66(93)78-55(38-45(3)4)70(97)85(15)60(73(100)87-35-22-21-23-36-87)43-63(91)83(13)58(39-46(5)6)67(94)79-64(47(7)19-2)74(101)82(12)48(8)68(95)88-37-34-57(88)72(99)86(16)59(42-49-28-30-52(102-17)31-29-49)71(98)81(11)44-61(89)76-54(65(92)77-53)41-50-25-24-26-51(75)40-50/h24-26,28-31,40,45-48,53-60,64H,18-23,27,32-39,41-44H2,1-17H3,(H,76,89)(H,77,92)(H,78,93)(H,79,94)/t47-,48-,53-,54-,55-,56-,57-,58-,59-,60-,64-/m0/s1. The summed E-state index contributed by atoms with van der Waals surface area (Å²) in [5, 5.41) is 11.5. The van der Waals surface area contributed by atoms with Gasteiger partial charge in [0.25, 0.3) is 0 Å². The molecule has 2 aromatic carbocycles. The lowest BCUT2D eigenvalue weighted by atomic mass is 9.95. The summed E-state index contributed by atoms with van der Waals surface area (Å²) >= 11 is 2.13. The van der Waals surface area contributed by atoms with Gasteiger partial charge in [0.05, 0.1) is 20.1 Å². The first-order chi connectivity index (χ1) is 48.1. The normalized spacial score (nSPS) is 25.0. The molecule has 3 heterocycles. The SMILES string of the molecule is CCCC[C@@H]1NC(=O)[C@H](Cc2cccc(I)c2)NC(=O)CN(C)C(=O)[C@H](Cc2ccc(OC)cc2)N(C)C(=O)[C@@H]2CCN2C(=O)[C@H](C)N(C)C(=O)[C@H]([C@@H](C)CC)NC(=O)[C@H](CC(C)C)N(C)C(=O)C[C@@H](C(=O)N2CCCCC2)N(C)C(=O)[C@H](CC(C)C)NC(=O)[C@H](CCC(=O)N(C)C)N(C)C1=O. The number of carbonyl (C=O) groups excluding carboxylic acids is 13. The Bertz CT molecular complexity index is 3270. The second-order valence-electron chi connectivity index (χ2n) is 28.9. The van der Waals surface area contributed by atoms with Crippen molar-refractivity contribution in [3.63, 3.8) is 0 Å². The minimum absolute atomic E-state index is 0.0235. The van der Waals surface area contributed by atoms with E-state index in [2.05, 4.69) is 43.9 Å². The van der Waals surface area contributed by atoms with Crippen molar-refractivity contribution in [1.29, 1.82) is 0 Å². The molecule has 2 aromatic rings. The van der Waals surface area contributed by atoms with Crippen LogP contribution in [0.5, 0.6) is 5.75 Å². The van der Waals surface area contributed by atoms with Crippen molar-refractivity contribution in [2.45, 2.75) is 212 Å². The Hall–Kier alpha value is -7.92. The van der Waals surface area contributed by atoms with Gasteiger partial charge in [0, 0.05) is 98.8 Å². The van der Waals surface area contributed by atoms with Gasteiger partial charge in [-0.05, 0) is 134 Å². The maximum absolute atomic E-state index is 15.4. The van der Waals surface area contributed by atoms with Crippen molar-refractivity contribution in [1.82, 2.24) is 65.4 Å². The molecular weight excluding hydrogens is 1420 g/mol. The number of likely N-dealkylation sites (N-methyl/N-ethyl adjacent to an activating group) is 6. The second kappa shape index (κ2) is 39.7. The van der Waals surface area contributed by atoms with Crippen LogP contribution in [-0.4, -0.2) is 271 Å². The molecule has 13 amide bonds. The number of fused-ring (bicyclic) bond motifs is 1. The predicted molar refractivity (Wildman–Crippen MR) is 394 cm³/mol. The maximum atomic E-state index is 15.4. The Morgan fingerprint density at radius 3 is 1.78 bits per heavy atom. The summed E-state index contributed by atoms with van der Waals surface area (Å²) in [5.41, 5.74) is 1.27. The Morgan fingerprint density at radius 1 is 0.608 bits per heavy atom. The van der Waals surface area contributed by atoms with Crippen LogP contribution in [0.15, 0.2) is 48.5 Å². The molecule has 566 valence electrons. The maximum Gasteiger partial charge on any atom is 0.245 e. The lowest BCUT2D eigenvalue weighted by molar-refractivity contribution is -0.160. The number of rotatable bonds is 18. The van der Waals surface area contributed by atoms with Crippen molar-refractivity contribution in [3.05, 3.63) is 63.2 Å². The minimum atomic E-state index is -1.45. The summed E-state index contributed by atoms with van der Waals surface area (Å²) < 4.78 is 6.22. The van der Waals surface area contributed by atoms with Gasteiger partial charge in [0.2, 0.25) is 76.8 Å². The fourth-order valence-electron chi connectivity index (χ4n) is 13.1. The number of nitrogens with one attached hydrogen (secondary N) is 4. The lowest BCUT2D eigenvalue weighted by Crippen LogP contribution is -2.65. The van der Waals surface area contributed by atoms with Crippen LogP contribution in [0.1, 0.15) is 150 Å². The molecule has 0 saturated carbocycles. The van der Waals surface area contributed by atoms with Crippen LogP contribution in [0.3, 0.4) is 0 Å². The fraction of sp³-hybridized carbons (Fsp3) is 0.662. The van der Waals surface area contributed by atoms with Crippen molar-refractivity contribution in [2.75, 3.05) is 89.7 Å². The van der Waals surface area contributed by atoms with Crippen molar-refractivity contribution < 1.29 is 67.1 Å². The Labute approximate surface area is 617 Å². The van der Waals surface area contributed by atoms with Crippen LogP contribution < -0.4 is 26.0 Å². The van der Waals surface area contributed by atoms with E-state index in [1.807, 2.05) is 53.7 Å². The van der Waals surface area contributed by atoms with E-state index in [1.165, 1.54) is 80.8 Å². The van der Waals surface area contributed by atoms with Gasteiger partial charge < -0.3 is 70.1 Å². The van der Waals surface area contributed by atoms with E-state index in [0.29, 0.717) is 62.1 Å². The monoisotopic (exact) mass is 1540 g/mol. The highest BCUT2D eigenvalue weighted by atomic mass is 127. The molecule has 0 radical (unpaired) electrons. The molecule has 4 N–H and O–H groups in total. The number of likely N-dealkylation sites (tertiary alicyclic amines) is 1. The van der Waals surface area contributed by atoms with E-state index in [0.717, 1.165) is 24.7 Å². The highest BCUT2D eigenvalue weighted by Gasteiger charge is 2.47. The van der Waals surface area contributed by atoms with E-state index in [1.54, 1.807) is 62.3 Å². The predicted octanol–water partition coefficient (Wildman–Crippen LogP) is 3.85. The third kappa shape index (κ3) is 23.0. The molecule has 5 rings (SSSR count). The third-order valence-electron chi connectivity index (χ3n) is 20.1. The van der Waals surface area contributed by atoms with Crippen molar-refractivity contribution in [2.24, 2.45) is 17.8 Å². The third-order valence-corrected chi connectivity index (χ3v) is 20.8. The number of halogens is 1. The van der Waals surface area contributed by atoms with E-state index < -0.39 is 150 Å². The number of benzene rings is 2. The van der Waals surface area contributed by atoms with Gasteiger partial charge in [-0.3, -0.25) is 62.3 Å². The average Bonchev–Trinajstić information content (AvgIpc) is 0.782. The molecule has 0 unspecified atom stereocenters. The summed E-state index contributed by atoms with van der Waals surface area (Å²) in [6.07, 6.45) is 2.84. The molecule has 102 heavy (non-hydrogen) atoms. The number of hydrogen-bond donors (Lipinski definition) is 4. The Morgan fingerprint density at radius 2 is 1.22 bits per heavy atom. The molecular formula is C74H114IN13O14. The highest BCUT2D eigenvalue weighted by Crippen LogP contribution is 2.27. The van der Waals surface area contributed by atoms with Crippen LogP contribution >= 0.6 is 22.6 Å². The van der Waals surface area contributed by atoms with E-state index >= 15 is 28.8 Å². The first-order valence-electron chi connectivity index (χ1n) is 36.0. The zero-order valence-corrected chi connectivity index (χ0v) is 65.3. The smallest absolute Gasteiger partial charge is 0.245 e. The van der Waals surface area contributed by atoms with Crippen LogP contribution in [0.2, 0.25) is 0 Å². The van der Waals surface area contributed by atoms with E-state index in [9.17, 15) is 33.6 Å². The summed E-state index contributed by atoms with van der Waals surface area (Å²) in [5.74, 6) is -8.95. The van der Waals surface area contributed by atoms with Gasteiger partial charge in [-0.25, -0.2) is 0 Å². The van der Waals surface area contributed by atoms with Crippen LogP contribution in [0.4, 0.5) is 0 Å². The molecule has 0 aromatic heterocycles. The Balaban J connectivity index is 1.68. The van der Waals surface area contributed by atoms with Crippen LogP contribution in [0.25, 0.3) is 0 Å². The van der Waals surface area contributed by atoms with Gasteiger partial charge in [0.15, 0.2) is 0 Å². The number of methoxy groups -OCH3 is 1. The summed E-state index contributed by atoms with van der Waals surface area (Å²) in [6, 6.07) is 1.26. The van der Waals surface area contributed by atoms with Gasteiger partial charge in [-0.2, -0.15) is 0 Å². The molecule has 3 fully saturated rings. The van der Waals surface area contributed by atoms with E-state index in [-0.39, 0.29) is 75.7 Å². The molecule has 3 aliphatic rings. The summed E-state index contributed by atoms with van der Waals surface area (Å²) in [4.78, 5) is 205. The molecule has 11 atom stereocenters. The highest BCUT2D eigenvalue weighted by molar-refractivity contribution is 14.1. The minimum Gasteiger partial charge on any atom is -0.497 e. The topological polar surface area (TPSA) is 308 Å². The fourth-order valence-corrected chi connectivity index (χ4v) is 13.7. The molecule has 0 bridgehead atoms. The number of nitrogens with zero attached hydrogens (tertiary/aromatic N) is 9. The molecule has 3 saturated heterocycles. The number of carbonyl (C=O) groups is 13. The van der Waals surface area contributed by atoms with Gasteiger partial charge in [-0.1, -0.05) is 92.0 Å². The second-order valence-corrected chi connectivity index (χ2v) is 30.1. The molecule has 3 aliphatic heterocycles. The lowest BCUT2D eigenvalue weighted by Gasteiger charge is -2.45. The van der Waals surface area contributed by atoms with Crippen LogP contribution in [-0.2, 0) is 75.2 Å². The number of hydrogen-bond acceptors (Lipinski definition) is 14. The first-order valence-corrected chi connectivity index (χ1v) is 37.1. The number of piperidine rings is 1. The van der Waals surface area contributed by atoms with E-state index in [4.69, 9.17) is 4.74 Å². The molecule has 0 aliphatic carbocycles. The average molecular weight is 1540 g/mol. The molecule has 27 nitrogen and oxygen atoms in total.